The second-order valence-corrected chi connectivity index (χ2v) is 5.86. The van der Waals surface area contributed by atoms with E-state index in [1.54, 1.807) is 43.3 Å². The van der Waals surface area contributed by atoms with Crippen LogP contribution in [0.1, 0.15) is 23.2 Å². The third-order valence-electron chi connectivity index (χ3n) is 3.59. The first-order valence-corrected chi connectivity index (χ1v) is 7.38. The average Bonchev–Trinajstić information content (AvgIpc) is 2.47. The number of amides is 3. The van der Waals surface area contributed by atoms with Crippen LogP contribution >= 0.6 is 11.6 Å². The molecule has 2 rings (SSSR count). The molecule has 0 saturated carbocycles. The molecule has 6 heteroatoms. The maximum atomic E-state index is 12.1. The van der Waals surface area contributed by atoms with E-state index in [4.69, 9.17) is 11.6 Å². The van der Waals surface area contributed by atoms with Gasteiger partial charge in [-0.3, -0.25) is 4.79 Å². The number of nitrogens with one attached hydrogen (secondary N) is 1. The lowest BCUT2D eigenvalue weighted by molar-refractivity contribution is 0.0914. The first-order chi connectivity index (χ1) is 9.97. The zero-order valence-corrected chi connectivity index (χ0v) is 13.1. The molecule has 0 unspecified atom stereocenters. The quantitative estimate of drug-likeness (QED) is 0.910. The zero-order valence-electron chi connectivity index (χ0n) is 12.3. The molecule has 1 aromatic rings. The van der Waals surface area contributed by atoms with Crippen LogP contribution in [0, 0.1) is 0 Å². The van der Waals surface area contributed by atoms with Crippen LogP contribution in [-0.2, 0) is 0 Å². The minimum Gasteiger partial charge on any atom is -0.349 e. The summed E-state index contributed by atoms with van der Waals surface area (Å²) in [6.45, 7) is 1.34. The molecule has 1 aromatic carbocycles. The molecule has 0 atom stereocenters. The van der Waals surface area contributed by atoms with Crippen molar-refractivity contribution < 1.29 is 9.59 Å². The molecule has 5 nitrogen and oxygen atoms in total. The van der Waals surface area contributed by atoms with Crippen molar-refractivity contribution in [2.75, 3.05) is 27.2 Å². The second-order valence-electron chi connectivity index (χ2n) is 5.42. The van der Waals surface area contributed by atoms with Gasteiger partial charge in [0.1, 0.15) is 0 Å². The standard InChI is InChI=1S/C15H20ClN3O2/c1-18(2)15(21)19-9-7-13(8-10-19)17-14(20)11-3-5-12(16)6-4-11/h3-6,13H,7-10H2,1-2H3,(H,17,20). The monoisotopic (exact) mass is 309 g/mol. The number of hydrogen-bond donors (Lipinski definition) is 1. The molecular weight excluding hydrogens is 290 g/mol. The normalized spacial score (nSPS) is 15.7. The number of benzene rings is 1. The maximum absolute atomic E-state index is 12.1. The third kappa shape index (κ3) is 4.11. The Morgan fingerprint density at radius 2 is 1.76 bits per heavy atom. The summed E-state index contributed by atoms with van der Waals surface area (Å²) in [6.07, 6.45) is 1.55. The molecule has 1 aliphatic heterocycles. The molecule has 3 amide bonds. The van der Waals surface area contributed by atoms with Crippen molar-refractivity contribution in [1.82, 2.24) is 15.1 Å². The SMILES string of the molecule is CN(C)C(=O)N1CCC(NC(=O)c2ccc(Cl)cc2)CC1. The van der Waals surface area contributed by atoms with Gasteiger partial charge in [0.15, 0.2) is 0 Å². The lowest BCUT2D eigenvalue weighted by Crippen LogP contribution is -2.49. The van der Waals surface area contributed by atoms with Crippen LogP contribution < -0.4 is 5.32 Å². The van der Waals surface area contributed by atoms with E-state index < -0.39 is 0 Å². The van der Waals surface area contributed by atoms with Crippen molar-refractivity contribution in [3.8, 4) is 0 Å². The van der Waals surface area contributed by atoms with Gasteiger partial charge in [-0.1, -0.05) is 11.6 Å². The van der Waals surface area contributed by atoms with Crippen molar-refractivity contribution in [2.24, 2.45) is 0 Å². The predicted molar refractivity (Wildman–Crippen MR) is 82.6 cm³/mol. The van der Waals surface area contributed by atoms with Gasteiger partial charge in [-0.25, -0.2) is 4.79 Å². The van der Waals surface area contributed by atoms with Gasteiger partial charge in [0.25, 0.3) is 5.91 Å². The number of likely N-dealkylation sites (tertiary alicyclic amines) is 1. The number of urea groups is 1. The first-order valence-electron chi connectivity index (χ1n) is 7.00. The summed E-state index contributed by atoms with van der Waals surface area (Å²) in [5, 5.41) is 3.62. The van der Waals surface area contributed by atoms with Crippen LogP contribution in [0.15, 0.2) is 24.3 Å². The number of carbonyl (C=O) groups excluding carboxylic acids is 2. The Hall–Kier alpha value is -1.75. The van der Waals surface area contributed by atoms with Gasteiger partial charge in [0, 0.05) is 43.8 Å². The van der Waals surface area contributed by atoms with E-state index in [9.17, 15) is 9.59 Å². The third-order valence-corrected chi connectivity index (χ3v) is 3.84. The van der Waals surface area contributed by atoms with Crippen molar-refractivity contribution in [2.45, 2.75) is 18.9 Å². The highest BCUT2D eigenvalue weighted by atomic mass is 35.5. The summed E-state index contributed by atoms with van der Waals surface area (Å²) in [4.78, 5) is 27.3. The van der Waals surface area contributed by atoms with Crippen LogP contribution in [-0.4, -0.2) is 55.0 Å². The van der Waals surface area contributed by atoms with E-state index >= 15 is 0 Å². The number of carbonyl (C=O) groups is 2. The fourth-order valence-electron chi connectivity index (χ4n) is 2.37. The molecule has 1 saturated heterocycles. The van der Waals surface area contributed by atoms with Gasteiger partial charge in [0.05, 0.1) is 0 Å². The van der Waals surface area contributed by atoms with Gasteiger partial charge >= 0.3 is 6.03 Å². The Labute approximate surface area is 129 Å². The summed E-state index contributed by atoms with van der Waals surface area (Å²) in [5.41, 5.74) is 0.603. The summed E-state index contributed by atoms with van der Waals surface area (Å²) in [6, 6.07) is 6.96. The second kappa shape index (κ2) is 6.80. The van der Waals surface area contributed by atoms with E-state index in [0.29, 0.717) is 23.7 Å². The highest BCUT2D eigenvalue weighted by molar-refractivity contribution is 6.30. The van der Waals surface area contributed by atoms with Gasteiger partial charge < -0.3 is 15.1 Å². The summed E-state index contributed by atoms with van der Waals surface area (Å²) >= 11 is 5.81. The Balaban J connectivity index is 1.84. The molecule has 0 spiro atoms. The summed E-state index contributed by atoms with van der Waals surface area (Å²) < 4.78 is 0. The number of halogens is 1. The minimum absolute atomic E-state index is 0.0254. The van der Waals surface area contributed by atoms with Crippen molar-refractivity contribution >= 4 is 23.5 Å². The van der Waals surface area contributed by atoms with Crippen molar-refractivity contribution in [1.29, 1.82) is 0 Å². The number of rotatable bonds is 2. The van der Waals surface area contributed by atoms with E-state index in [1.165, 1.54) is 0 Å². The minimum atomic E-state index is -0.0935. The van der Waals surface area contributed by atoms with Gasteiger partial charge in [-0.05, 0) is 37.1 Å². The molecule has 114 valence electrons. The largest absolute Gasteiger partial charge is 0.349 e. The predicted octanol–water partition coefficient (Wildman–Crippen LogP) is 2.22. The Morgan fingerprint density at radius 3 is 2.29 bits per heavy atom. The van der Waals surface area contributed by atoms with Gasteiger partial charge in [0.2, 0.25) is 0 Å². The fourth-order valence-corrected chi connectivity index (χ4v) is 2.49. The van der Waals surface area contributed by atoms with E-state index in [2.05, 4.69) is 5.32 Å². The highest BCUT2D eigenvalue weighted by Crippen LogP contribution is 2.14. The van der Waals surface area contributed by atoms with Crippen LogP contribution in [0.5, 0.6) is 0 Å². The smallest absolute Gasteiger partial charge is 0.319 e. The molecule has 1 N–H and O–H groups in total. The summed E-state index contributed by atoms with van der Waals surface area (Å²) in [5.74, 6) is -0.0935. The lowest BCUT2D eigenvalue weighted by atomic mass is 10.0. The molecule has 0 aliphatic carbocycles. The van der Waals surface area contributed by atoms with E-state index in [0.717, 1.165) is 12.8 Å². The molecule has 0 radical (unpaired) electrons. The average molecular weight is 310 g/mol. The van der Waals surface area contributed by atoms with Crippen LogP contribution in [0.25, 0.3) is 0 Å². The number of nitrogens with zero attached hydrogens (tertiary/aromatic N) is 2. The van der Waals surface area contributed by atoms with E-state index in [-0.39, 0.29) is 18.0 Å². The molecule has 21 heavy (non-hydrogen) atoms. The van der Waals surface area contributed by atoms with Crippen LogP contribution in [0.4, 0.5) is 4.79 Å². The fraction of sp³-hybridized carbons (Fsp3) is 0.467. The molecule has 0 aromatic heterocycles. The maximum Gasteiger partial charge on any atom is 0.319 e. The lowest BCUT2D eigenvalue weighted by Gasteiger charge is -2.33. The van der Waals surface area contributed by atoms with Crippen LogP contribution in [0.3, 0.4) is 0 Å². The molecule has 0 bridgehead atoms. The Morgan fingerprint density at radius 1 is 1.19 bits per heavy atom. The van der Waals surface area contributed by atoms with E-state index in [1.807, 2.05) is 4.90 Å². The molecule has 1 heterocycles. The number of hydrogen-bond acceptors (Lipinski definition) is 2. The first kappa shape index (κ1) is 15.6. The van der Waals surface area contributed by atoms with Gasteiger partial charge in [-0.15, -0.1) is 0 Å². The molecular formula is C15H20ClN3O2. The number of piperidine rings is 1. The van der Waals surface area contributed by atoms with Crippen molar-refractivity contribution in [3.05, 3.63) is 34.9 Å². The summed E-state index contributed by atoms with van der Waals surface area (Å²) in [7, 11) is 3.49. The van der Waals surface area contributed by atoms with Crippen molar-refractivity contribution in [3.63, 3.8) is 0 Å². The Kier molecular flexibility index (Phi) is 5.07. The topological polar surface area (TPSA) is 52.7 Å². The molecule has 1 fully saturated rings. The van der Waals surface area contributed by atoms with Crippen LogP contribution in [0.2, 0.25) is 5.02 Å². The molecule has 1 aliphatic rings. The highest BCUT2D eigenvalue weighted by Gasteiger charge is 2.24. The Bertz CT molecular complexity index is 508. The zero-order chi connectivity index (χ0) is 15.4. The van der Waals surface area contributed by atoms with Gasteiger partial charge in [-0.2, -0.15) is 0 Å².